The molecule has 3 nitrogen and oxygen atoms in total. The van der Waals surface area contributed by atoms with E-state index >= 15 is 0 Å². The molecule has 0 saturated heterocycles. The monoisotopic (exact) mass is 407 g/mol. The summed E-state index contributed by atoms with van der Waals surface area (Å²) in [4.78, 5) is 5.08. The summed E-state index contributed by atoms with van der Waals surface area (Å²) in [6, 6.07) is 8.30. The van der Waals surface area contributed by atoms with Gasteiger partial charge in [0.15, 0.2) is 0 Å². The number of benzene rings is 1. The second-order valence-electron chi connectivity index (χ2n) is 11.1. The highest BCUT2D eigenvalue weighted by Crippen LogP contribution is 2.54. The molecule has 3 heteroatoms. The van der Waals surface area contributed by atoms with Crippen molar-refractivity contribution in [1.29, 1.82) is 0 Å². The van der Waals surface area contributed by atoms with Gasteiger partial charge in [-0.15, -0.1) is 0 Å². The highest BCUT2D eigenvalue weighted by molar-refractivity contribution is 5.48. The van der Waals surface area contributed by atoms with Gasteiger partial charge in [0.25, 0.3) is 0 Å². The van der Waals surface area contributed by atoms with Gasteiger partial charge in [-0.3, -0.25) is 4.98 Å². The molecular formula is C27H37NO2. The van der Waals surface area contributed by atoms with E-state index in [1.807, 2.05) is 12.1 Å². The Labute approximate surface area is 181 Å². The summed E-state index contributed by atoms with van der Waals surface area (Å²) >= 11 is 0. The van der Waals surface area contributed by atoms with E-state index in [4.69, 9.17) is 4.98 Å². The molecule has 1 spiro atoms. The van der Waals surface area contributed by atoms with Crippen molar-refractivity contribution in [3.8, 4) is 0 Å². The lowest BCUT2D eigenvalue weighted by Crippen LogP contribution is -2.38. The minimum Gasteiger partial charge on any atom is -0.388 e. The Balaban J connectivity index is 1.78. The maximum Gasteiger partial charge on any atom is 0.106 e. The summed E-state index contributed by atoms with van der Waals surface area (Å²) in [5, 5.41) is 22.5. The largest absolute Gasteiger partial charge is 0.388 e. The molecule has 1 saturated carbocycles. The molecule has 2 aliphatic carbocycles. The van der Waals surface area contributed by atoms with Gasteiger partial charge < -0.3 is 10.2 Å². The van der Waals surface area contributed by atoms with Gasteiger partial charge >= 0.3 is 0 Å². The molecule has 162 valence electrons. The first-order valence-corrected chi connectivity index (χ1v) is 11.5. The van der Waals surface area contributed by atoms with Crippen LogP contribution in [0, 0.1) is 12.3 Å². The minimum atomic E-state index is -0.735. The van der Waals surface area contributed by atoms with Crippen molar-refractivity contribution in [1.82, 2.24) is 4.98 Å². The molecule has 2 aliphatic rings. The van der Waals surface area contributed by atoms with Crippen molar-refractivity contribution in [2.24, 2.45) is 5.41 Å². The Kier molecular flexibility index (Phi) is 5.35. The van der Waals surface area contributed by atoms with Crippen molar-refractivity contribution in [2.45, 2.75) is 97.2 Å². The summed E-state index contributed by atoms with van der Waals surface area (Å²) in [5.41, 5.74) is 7.39. The van der Waals surface area contributed by atoms with Gasteiger partial charge in [0.1, 0.15) is 6.10 Å². The Morgan fingerprint density at radius 3 is 2.23 bits per heavy atom. The van der Waals surface area contributed by atoms with Crippen LogP contribution in [0.3, 0.4) is 0 Å². The Bertz CT molecular complexity index is 933. The quantitative estimate of drug-likeness (QED) is 0.652. The maximum atomic E-state index is 11.4. The van der Waals surface area contributed by atoms with Crippen LogP contribution in [-0.4, -0.2) is 15.2 Å². The molecule has 1 aromatic heterocycles. The zero-order valence-electron chi connectivity index (χ0n) is 19.4. The van der Waals surface area contributed by atoms with Crippen LogP contribution in [0.2, 0.25) is 0 Å². The molecule has 30 heavy (non-hydrogen) atoms. The summed E-state index contributed by atoms with van der Waals surface area (Å²) < 4.78 is 0. The normalized spacial score (nSPS) is 21.4. The summed E-state index contributed by atoms with van der Waals surface area (Å²) in [6.07, 6.45) is 4.25. The van der Waals surface area contributed by atoms with E-state index in [1.54, 1.807) is 0 Å². The topological polar surface area (TPSA) is 53.4 Å². The number of fused-ring (bicyclic) bond motifs is 1. The Hall–Kier alpha value is -1.71. The SMILES string of the molecule is Cc1c2c(nc(C(C)C)c1C(O)c1ccc(C(C)(C)C)cc1)CC1(CCC1)CC2O. The standard InChI is InChI=1S/C27H37NO2/c1-16(2)24-23(25(30)18-8-10-19(11-9-18)26(4,5)6)17(3)22-20(28-24)14-27(12-7-13-27)15-21(22)29/h8-11,16,21,25,29-30H,7,12-15H2,1-6H3. The smallest absolute Gasteiger partial charge is 0.106 e. The van der Waals surface area contributed by atoms with E-state index in [0.717, 1.165) is 46.5 Å². The lowest BCUT2D eigenvalue weighted by molar-refractivity contribution is 0.0238. The van der Waals surface area contributed by atoms with Gasteiger partial charge in [-0.05, 0) is 66.0 Å². The van der Waals surface area contributed by atoms with Crippen molar-refractivity contribution in [3.63, 3.8) is 0 Å². The van der Waals surface area contributed by atoms with E-state index in [9.17, 15) is 10.2 Å². The predicted octanol–water partition coefficient (Wildman–Crippen LogP) is 6.04. The molecule has 4 rings (SSSR count). The van der Waals surface area contributed by atoms with E-state index in [-0.39, 0.29) is 16.7 Å². The average molecular weight is 408 g/mol. The molecule has 0 aliphatic heterocycles. The Morgan fingerprint density at radius 1 is 1.10 bits per heavy atom. The van der Waals surface area contributed by atoms with Crippen LogP contribution in [0.25, 0.3) is 0 Å². The predicted molar refractivity (Wildman–Crippen MR) is 122 cm³/mol. The van der Waals surface area contributed by atoms with E-state index < -0.39 is 12.2 Å². The zero-order chi connectivity index (χ0) is 21.8. The van der Waals surface area contributed by atoms with Crippen LogP contribution in [0.1, 0.15) is 118 Å². The second kappa shape index (κ2) is 7.46. The number of hydrogen-bond donors (Lipinski definition) is 2. The first-order valence-electron chi connectivity index (χ1n) is 11.5. The molecular weight excluding hydrogens is 370 g/mol. The number of aliphatic hydroxyl groups excluding tert-OH is 2. The van der Waals surface area contributed by atoms with Crippen LogP contribution < -0.4 is 0 Å². The van der Waals surface area contributed by atoms with Crippen molar-refractivity contribution in [2.75, 3.05) is 0 Å². The first kappa shape index (κ1) is 21.5. The van der Waals surface area contributed by atoms with Gasteiger partial charge in [-0.25, -0.2) is 0 Å². The minimum absolute atomic E-state index is 0.0808. The van der Waals surface area contributed by atoms with Gasteiger partial charge in [0.05, 0.1) is 6.10 Å². The van der Waals surface area contributed by atoms with Gasteiger partial charge in [-0.1, -0.05) is 65.3 Å². The van der Waals surface area contributed by atoms with Gasteiger partial charge in [0.2, 0.25) is 0 Å². The number of rotatable bonds is 3. The van der Waals surface area contributed by atoms with Gasteiger partial charge in [0, 0.05) is 22.5 Å². The number of aliphatic hydroxyl groups is 2. The van der Waals surface area contributed by atoms with Crippen molar-refractivity contribution < 1.29 is 10.2 Å². The molecule has 1 aromatic carbocycles. The third-order valence-electron chi connectivity index (χ3n) is 7.48. The highest BCUT2D eigenvalue weighted by Gasteiger charge is 2.45. The number of hydrogen-bond acceptors (Lipinski definition) is 3. The molecule has 1 fully saturated rings. The van der Waals surface area contributed by atoms with Crippen molar-refractivity contribution >= 4 is 0 Å². The van der Waals surface area contributed by atoms with E-state index in [1.165, 1.54) is 24.8 Å². The van der Waals surface area contributed by atoms with Gasteiger partial charge in [-0.2, -0.15) is 0 Å². The summed E-state index contributed by atoms with van der Waals surface area (Å²) in [6.45, 7) is 12.9. The average Bonchev–Trinajstić information content (AvgIpc) is 2.64. The number of nitrogens with zero attached hydrogens (tertiary/aromatic N) is 1. The van der Waals surface area contributed by atoms with Crippen LogP contribution in [0.5, 0.6) is 0 Å². The molecule has 0 amide bonds. The highest BCUT2D eigenvalue weighted by atomic mass is 16.3. The Morgan fingerprint density at radius 2 is 1.73 bits per heavy atom. The molecule has 2 N–H and O–H groups in total. The van der Waals surface area contributed by atoms with E-state index in [0.29, 0.717) is 0 Å². The zero-order valence-corrected chi connectivity index (χ0v) is 19.4. The fourth-order valence-corrected chi connectivity index (χ4v) is 5.51. The third kappa shape index (κ3) is 3.61. The molecule has 2 aromatic rings. The fraction of sp³-hybridized carbons (Fsp3) is 0.593. The van der Waals surface area contributed by atoms with E-state index in [2.05, 4.69) is 53.7 Å². The van der Waals surface area contributed by atoms with Crippen LogP contribution in [-0.2, 0) is 11.8 Å². The second-order valence-corrected chi connectivity index (χ2v) is 11.1. The summed E-state index contributed by atoms with van der Waals surface area (Å²) in [7, 11) is 0. The molecule has 0 bridgehead atoms. The third-order valence-corrected chi connectivity index (χ3v) is 7.48. The molecule has 1 heterocycles. The maximum absolute atomic E-state index is 11.4. The molecule has 0 radical (unpaired) electrons. The van der Waals surface area contributed by atoms with Crippen molar-refractivity contribution in [3.05, 3.63) is 63.5 Å². The molecule has 2 unspecified atom stereocenters. The number of aromatic nitrogens is 1. The first-order chi connectivity index (χ1) is 14.0. The lowest BCUT2D eigenvalue weighted by atomic mass is 9.59. The number of pyridine rings is 1. The fourth-order valence-electron chi connectivity index (χ4n) is 5.51. The van der Waals surface area contributed by atoms with Crippen LogP contribution in [0.4, 0.5) is 0 Å². The van der Waals surface area contributed by atoms with Crippen LogP contribution >= 0.6 is 0 Å². The van der Waals surface area contributed by atoms with Crippen LogP contribution in [0.15, 0.2) is 24.3 Å². The summed E-state index contributed by atoms with van der Waals surface area (Å²) in [5.74, 6) is 0.212. The molecule has 2 atom stereocenters. The lowest BCUT2D eigenvalue weighted by Gasteiger charge is -2.47.